The topological polar surface area (TPSA) is 79.4 Å². The number of pyridine rings is 1. The van der Waals surface area contributed by atoms with E-state index in [1.807, 2.05) is 29.2 Å². The number of hydrogen-bond donors (Lipinski definition) is 1. The van der Waals surface area contributed by atoms with Gasteiger partial charge in [0.15, 0.2) is 9.84 Å². The zero-order valence-corrected chi connectivity index (χ0v) is 16.8. The van der Waals surface area contributed by atoms with Gasteiger partial charge in [0, 0.05) is 41.6 Å². The summed E-state index contributed by atoms with van der Waals surface area (Å²) in [6.45, 7) is 1.19. The van der Waals surface area contributed by atoms with E-state index in [9.17, 15) is 13.2 Å². The Balaban J connectivity index is 1.64. The molecule has 0 bridgehead atoms. The van der Waals surface area contributed by atoms with Crippen LogP contribution in [0.15, 0.2) is 52.0 Å². The number of anilines is 2. The quantitative estimate of drug-likeness (QED) is 0.794. The van der Waals surface area contributed by atoms with E-state index < -0.39 is 9.84 Å². The third-order valence-corrected chi connectivity index (χ3v) is 6.07. The van der Waals surface area contributed by atoms with Gasteiger partial charge in [-0.25, -0.2) is 13.4 Å². The van der Waals surface area contributed by atoms with Crippen molar-refractivity contribution >= 4 is 43.2 Å². The van der Waals surface area contributed by atoms with Crippen LogP contribution < -0.4 is 10.2 Å². The van der Waals surface area contributed by atoms with Gasteiger partial charge in [0.25, 0.3) is 0 Å². The van der Waals surface area contributed by atoms with E-state index in [2.05, 4.69) is 26.2 Å². The van der Waals surface area contributed by atoms with Crippen molar-refractivity contribution in [2.75, 3.05) is 29.6 Å². The number of carbonyl (C=O) groups excluding carboxylic acids is 1. The first-order valence-electron chi connectivity index (χ1n) is 8.31. The largest absolute Gasteiger partial charge is 0.355 e. The fourth-order valence-corrected chi connectivity index (χ4v) is 4.14. The van der Waals surface area contributed by atoms with Crippen molar-refractivity contribution in [2.24, 2.45) is 5.92 Å². The summed E-state index contributed by atoms with van der Waals surface area (Å²) < 4.78 is 24.9. The summed E-state index contributed by atoms with van der Waals surface area (Å²) >= 11 is 3.37. The molecule has 2 aromatic rings. The van der Waals surface area contributed by atoms with Crippen LogP contribution in [0.25, 0.3) is 0 Å². The van der Waals surface area contributed by atoms with Crippen LogP contribution in [0.1, 0.15) is 12.8 Å². The van der Waals surface area contributed by atoms with Crippen LogP contribution in [-0.4, -0.2) is 38.7 Å². The number of halogens is 1. The van der Waals surface area contributed by atoms with Gasteiger partial charge in [-0.3, -0.25) is 4.79 Å². The number of sulfone groups is 1. The van der Waals surface area contributed by atoms with Crippen LogP contribution in [0.3, 0.4) is 0 Å². The summed E-state index contributed by atoms with van der Waals surface area (Å²) in [4.78, 5) is 18.9. The van der Waals surface area contributed by atoms with Gasteiger partial charge in [0.2, 0.25) is 5.91 Å². The van der Waals surface area contributed by atoms with Crippen molar-refractivity contribution in [1.29, 1.82) is 0 Å². The molecular weight excluding hydrogens is 418 g/mol. The molecule has 26 heavy (non-hydrogen) atoms. The molecule has 1 aliphatic heterocycles. The Morgan fingerprint density at radius 3 is 2.46 bits per heavy atom. The van der Waals surface area contributed by atoms with Crippen LogP contribution in [0.2, 0.25) is 0 Å². The fraction of sp³-hybridized carbons (Fsp3) is 0.333. The zero-order valence-electron chi connectivity index (χ0n) is 14.4. The van der Waals surface area contributed by atoms with Crippen molar-refractivity contribution in [3.05, 3.63) is 47.1 Å². The van der Waals surface area contributed by atoms with E-state index in [0.717, 1.165) is 10.2 Å². The van der Waals surface area contributed by atoms with E-state index >= 15 is 0 Å². The lowest BCUT2D eigenvalue weighted by Gasteiger charge is -2.33. The molecule has 1 saturated heterocycles. The monoisotopic (exact) mass is 437 g/mol. The van der Waals surface area contributed by atoms with Gasteiger partial charge in [0.1, 0.15) is 10.7 Å². The summed E-state index contributed by atoms with van der Waals surface area (Å²) in [6.07, 6.45) is 4.09. The molecule has 1 N–H and O–H groups in total. The van der Waals surface area contributed by atoms with Crippen LogP contribution in [0.5, 0.6) is 0 Å². The number of carbonyl (C=O) groups is 1. The van der Waals surface area contributed by atoms with Crippen molar-refractivity contribution in [3.8, 4) is 0 Å². The Morgan fingerprint density at radius 1 is 1.19 bits per heavy atom. The Kier molecular flexibility index (Phi) is 5.62. The van der Waals surface area contributed by atoms with Crippen LogP contribution in [0, 0.1) is 5.92 Å². The first-order valence-corrected chi connectivity index (χ1v) is 11.0. The predicted molar refractivity (Wildman–Crippen MR) is 105 cm³/mol. The molecule has 6 nitrogen and oxygen atoms in total. The van der Waals surface area contributed by atoms with Crippen LogP contribution >= 0.6 is 15.9 Å². The number of nitrogens with zero attached hydrogens (tertiary/aromatic N) is 2. The van der Waals surface area contributed by atoms with Crippen molar-refractivity contribution in [2.45, 2.75) is 17.7 Å². The number of benzene rings is 1. The minimum Gasteiger partial charge on any atom is -0.355 e. The molecule has 0 radical (unpaired) electrons. The predicted octanol–water partition coefficient (Wildman–Crippen LogP) is 3.10. The second kappa shape index (κ2) is 7.75. The second-order valence-electron chi connectivity index (χ2n) is 6.35. The summed E-state index contributed by atoms with van der Waals surface area (Å²) in [5.41, 5.74) is 0.768. The SMILES string of the molecule is CS(=O)(=O)c1cccnc1N1CCC(C(=O)Nc2ccc(Br)cc2)CC1. The molecule has 1 aliphatic rings. The number of aromatic nitrogens is 1. The lowest BCUT2D eigenvalue weighted by atomic mass is 9.96. The standard InChI is InChI=1S/C18H20BrN3O3S/c1-26(24,25)16-3-2-10-20-17(16)22-11-8-13(9-12-22)18(23)21-15-6-4-14(19)5-7-15/h2-7,10,13H,8-9,11-12H2,1H3,(H,21,23). The molecule has 3 rings (SSSR count). The summed E-state index contributed by atoms with van der Waals surface area (Å²) in [6, 6.07) is 10.7. The van der Waals surface area contributed by atoms with E-state index in [0.29, 0.717) is 31.7 Å². The van der Waals surface area contributed by atoms with Gasteiger partial charge in [-0.2, -0.15) is 0 Å². The first kappa shape index (κ1) is 18.8. The zero-order chi connectivity index (χ0) is 18.7. The maximum Gasteiger partial charge on any atom is 0.227 e. The molecule has 0 saturated carbocycles. The molecule has 1 fully saturated rings. The molecule has 8 heteroatoms. The second-order valence-corrected chi connectivity index (χ2v) is 9.25. The molecule has 1 aromatic carbocycles. The molecule has 1 aromatic heterocycles. The minimum atomic E-state index is -3.34. The minimum absolute atomic E-state index is 0.00340. The Bertz CT molecular complexity index is 892. The number of piperidine rings is 1. The fourth-order valence-electron chi connectivity index (χ4n) is 3.04. The van der Waals surface area contributed by atoms with E-state index in [-0.39, 0.29) is 16.7 Å². The third kappa shape index (κ3) is 4.42. The molecule has 0 aliphatic carbocycles. The molecular formula is C18H20BrN3O3S. The number of rotatable bonds is 4. The first-order chi connectivity index (χ1) is 12.3. The van der Waals surface area contributed by atoms with E-state index in [4.69, 9.17) is 0 Å². The lowest BCUT2D eigenvalue weighted by molar-refractivity contribution is -0.120. The maximum atomic E-state index is 12.5. The number of hydrogen-bond acceptors (Lipinski definition) is 5. The Labute approximate surface area is 161 Å². The van der Waals surface area contributed by atoms with Gasteiger partial charge in [-0.05, 0) is 49.2 Å². The third-order valence-electron chi connectivity index (χ3n) is 4.43. The van der Waals surface area contributed by atoms with Crippen LogP contribution in [-0.2, 0) is 14.6 Å². The number of nitrogens with one attached hydrogen (secondary N) is 1. The lowest BCUT2D eigenvalue weighted by Crippen LogP contribution is -2.39. The van der Waals surface area contributed by atoms with Crippen molar-refractivity contribution < 1.29 is 13.2 Å². The molecule has 0 spiro atoms. The Morgan fingerprint density at radius 2 is 1.85 bits per heavy atom. The smallest absolute Gasteiger partial charge is 0.227 e. The maximum absolute atomic E-state index is 12.5. The molecule has 0 atom stereocenters. The number of amides is 1. The molecule has 1 amide bonds. The van der Waals surface area contributed by atoms with Crippen molar-refractivity contribution in [1.82, 2.24) is 4.98 Å². The summed E-state index contributed by atoms with van der Waals surface area (Å²) in [7, 11) is -3.34. The van der Waals surface area contributed by atoms with Gasteiger partial charge in [-0.1, -0.05) is 15.9 Å². The molecule has 2 heterocycles. The Hall–Kier alpha value is -1.93. The highest BCUT2D eigenvalue weighted by Crippen LogP contribution is 2.28. The average molecular weight is 438 g/mol. The molecule has 0 unspecified atom stereocenters. The van der Waals surface area contributed by atoms with Crippen LogP contribution in [0.4, 0.5) is 11.5 Å². The van der Waals surface area contributed by atoms with Gasteiger partial charge in [-0.15, -0.1) is 0 Å². The average Bonchev–Trinajstić information content (AvgIpc) is 2.63. The van der Waals surface area contributed by atoms with Crippen molar-refractivity contribution in [3.63, 3.8) is 0 Å². The van der Waals surface area contributed by atoms with E-state index in [1.165, 1.54) is 6.26 Å². The van der Waals surface area contributed by atoms with E-state index in [1.54, 1.807) is 18.3 Å². The summed E-state index contributed by atoms with van der Waals surface area (Å²) in [5.74, 6) is 0.374. The van der Waals surface area contributed by atoms with Gasteiger partial charge < -0.3 is 10.2 Å². The highest BCUT2D eigenvalue weighted by Gasteiger charge is 2.28. The molecule has 138 valence electrons. The highest BCUT2D eigenvalue weighted by molar-refractivity contribution is 9.10. The normalized spacial score (nSPS) is 15.7. The van der Waals surface area contributed by atoms with Gasteiger partial charge >= 0.3 is 0 Å². The highest BCUT2D eigenvalue weighted by atomic mass is 79.9. The summed E-state index contributed by atoms with van der Waals surface area (Å²) in [5, 5.41) is 2.94. The van der Waals surface area contributed by atoms with Gasteiger partial charge in [0.05, 0.1) is 0 Å².